The van der Waals surface area contributed by atoms with Crippen molar-refractivity contribution in [3.05, 3.63) is 0 Å². The quantitative estimate of drug-likeness (QED) is 0.220. The van der Waals surface area contributed by atoms with Crippen LogP contribution >= 0.6 is 0 Å². The van der Waals surface area contributed by atoms with Gasteiger partial charge >= 0.3 is 48.7 Å². The van der Waals surface area contributed by atoms with Crippen molar-refractivity contribution in [3.8, 4) is 0 Å². The summed E-state index contributed by atoms with van der Waals surface area (Å²) in [6.07, 6.45) is -30.5. The monoisotopic (exact) mass is 1110 g/mol. The molecule has 0 spiro atoms. The van der Waals surface area contributed by atoms with Crippen LogP contribution in [0.3, 0.4) is 0 Å². The van der Waals surface area contributed by atoms with Crippen molar-refractivity contribution in [3.63, 3.8) is 0 Å². The molecule has 6 saturated heterocycles. The van der Waals surface area contributed by atoms with Crippen molar-refractivity contribution >= 4 is 0 Å². The Kier molecular flexibility index (Phi) is 19.6. The maximum Gasteiger partial charge on any atom is 0.490 e. The minimum atomic E-state index is -5.14. The fraction of sp³-hybridized carbons (Fsp3) is 1.00. The van der Waals surface area contributed by atoms with Gasteiger partial charge < -0.3 is 18.9 Å². The van der Waals surface area contributed by atoms with E-state index in [0.717, 1.165) is 41.5 Å². The fourth-order valence-electron chi connectivity index (χ4n) is 6.60. The first-order valence-corrected chi connectivity index (χ1v) is 20.3. The van der Waals surface area contributed by atoms with E-state index in [1.54, 1.807) is 13.8 Å². The summed E-state index contributed by atoms with van der Waals surface area (Å²) >= 11 is 0. The van der Waals surface area contributed by atoms with Gasteiger partial charge in [0, 0.05) is 12.8 Å². The highest BCUT2D eigenvalue weighted by Gasteiger charge is 2.76. The van der Waals surface area contributed by atoms with Crippen LogP contribution in [0.2, 0.25) is 0 Å². The van der Waals surface area contributed by atoms with Gasteiger partial charge in [-0.1, -0.05) is 6.92 Å². The van der Waals surface area contributed by atoms with E-state index < -0.39 is 152 Å². The second-order valence-corrected chi connectivity index (χ2v) is 18.4. The van der Waals surface area contributed by atoms with E-state index in [1.165, 1.54) is 6.92 Å². The molecule has 9 nitrogen and oxygen atoms in total. The Bertz CT molecular complexity index is 1630. The molecule has 0 saturated carbocycles. The van der Waals surface area contributed by atoms with Crippen LogP contribution < -0.4 is 0 Å². The van der Waals surface area contributed by atoms with Crippen LogP contribution in [-0.2, 0) is 42.6 Å². The fourth-order valence-corrected chi connectivity index (χ4v) is 6.60. The van der Waals surface area contributed by atoms with Gasteiger partial charge in [-0.05, 0) is 76.2 Å². The maximum absolute atomic E-state index is 13.1. The van der Waals surface area contributed by atoms with Crippen LogP contribution in [0.1, 0.15) is 109 Å². The third-order valence-corrected chi connectivity index (χ3v) is 9.97. The molecule has 71 heavy (non-hydrogen) atoms. The summed E-state index contributed by atoms with van der Waals surface area (Å²) < 4.78 is 337. The number of alkyl halides is 24. The first-order chi connectivity index (χ1) is 30.6. The molecule has 0 aliphatic carbocycles. The number of rotatable bonds is 0. The lowest BCUT2D eigenvalue weighted by molar-refractivity contribution is -0.514. The first kappa shape index (κ1) is 67.0. The number of hydrogen-bond donors (Lipinski definition) is 0. The Morgan fingerprint density at radius 1 is 0.338 bits per heavy atom. The van der Waals surface area contributed by atoms with Crippen LogP contribution in [0.25, 0.3) is 0 Å². The Hall–Kier alpha value is -2.04. The molecule has 0 radical (unpaired) electrons. The minimum absolute atomic E-state index is 0.223. The van der Waals surface area contributed by atoms with Crippen molar-refractivity contribution in [2.75, 3.05) is 13.2 Å². The lowest BCUT2D eigenvalue weighted by Gasteiger charge is -2.44. The van der Waals surface area contributed by atoms with Gasteiger partial charge in [0.25, 0.3) is 0 Å². The van der Waals surface area contributed by atoms with E-state index >= 15 is 0 Å². The second-order valence-electron chi connectivity index (χ2n) is 18.4. The average molecular weight is 1110 g/mol. The van der Waals surface area contributed by atoms with Gasteiger partial charge in [-0.25, -0.2) is 35.1 Å². The Morgan fingerprint density at radius 3 is 1.00 bits per heavy atom. The first-order valence-electron chi connectivity index (χ1n) is 20.3. The van der Waals surface area contributed by atoms with Crippen LogP contribution in [0, 0.1) is 5.92 Å². The van der Waals surface area contributed by atoms with Crippen LogP contribution in [0.15, 0.2) is 0 Å². The van der Waals surface area contributed by atoms with Gasteiger partial charge in [0.2, 0.25) is 40.8 Å². The summed E-state index contributed by atoms with van der Waals surface area (Å²) in [5, 5.41) is 0. The summed E-state index contributed by atoms with van der Waals surface area (Å²) in [5.74, 6) is -26.7. The lowest BCUT2D eigenvalue weighted by atomic mass is 9.89. The van der Waals surface area contributed by atoms with Crippen LogP contribution in [-0.4, -0.2) is 127 Å². The molecule has 6 aliphatic heterocycles. The van der Waals surface area contributed by atoms with Gasteiger partial charge in [-0.2, -0.15) is 61.5 Å². The second kappa shape index (κ2) is 20.8. The van der Waals surface area contributed by atoms with E-state index in [4.69, 9.17) is 4.74 Å². The molecule has 426 valence electrons. The molecule has 0 aromatic rings. The van der Waals surface area contributed by atoms with Gasteiger partial charge in [0.1, 0.15) is 13.2 Å². The predicted molar refractivity (Wildman–Crippen MR) is 191 cm³/mol. The molecule has 0 bridgehead atoms. The molecular weight excluding hydrogens is 1060 g/mol. The SMILES string of the molecule is CC1(F)CC(C)(F)C(F)(F)C(F)(F)O1.CC1(F)CC(C)(F)C(F)(F)O1.CC1(F)CC(C)(F)OC(F)(F)CO1.CC1(F)CC(C)(F)OC(F)(F)O1.CC1OC(F)(F)C(F)(F)C1C.CC1OCC(F)(F)OC1C. The zero-order chi connectivity index (χ0) is 56.9. The number of hydrogen-bond acceptors (Lipinski definition) is 9. The molecule has 6 fully saturated rings. The smallest absolute Gasteiger partial charge is 0.367 e. The van der Waals surface area contributed by atoms with Crippen molar-refractivity contribution in [1.82, 2.24) is 0 Å². The number of halogens is 24. The van der Waals surface area contributed by atoms with Gasteiger partial charge in [0.05, 0.1) is 37.1 Å². The van der Waals surface area contributed by atoms with Crippen molar-refractivity contribution in [2.24, 2.45) is 5.92 Å². The molecule has 12 atom stereocenters. The molecule has 0 amide bonds. The molecule has 6 rings (SSSR count). The third kappa shape index (κ3) is 18.9. The molecule has 33 heteroatoms. The molecule has 0 aromatic carbocycles. The third-order valence-electron chi connectivity index (χ3n) is 9.97. The number of ether oxygens (including phenoxy) is 9. The largest absolute Gasteiger partial charge is 0.490 e. The predicted octanol–water partition coefficient (Wildman–Crippen LogP) is 13.9. The van der Waals surface area contributed by atoms with Gasteiger partial charge in [-0.15, -0.1) is 8.78 Å². The van der Waals surface area contributed by atoms with E-state index in [9.17, 15) is 105 Å². The highest BCUT2D eigenvalue weighted by molar-refractivity contribution is 5.02. The van der Waals surface area contributed by atoms with Crippen LogP contribution in [0.5, 0.6) is 0 Å². The van der Waals surface area contributed by atoms with Crippen molar-refractivity contribution < 1.29 is 148 Å². The summed E-state index contributed by atoms with van der Waals surface area (Å²) in [6, 6.07) is 0. The summed E-state index contributed by atoms with van der Waals surface area (Å²) in [4.78, 5) is 0. The normalized spacial score (nSPS) is 45.1. The Morgan fingerprint density at radius 2 is 0.718 bits per heavy atom. The minimum Gasteiger partial charge on any atom is -0.367 e. The molecule has 6 aliphatic rings. The maximum atomic E-state index is 13.1. The Balaban J connectivity index is 0.000000427. The molecule has 6 heterocycles. The summed E-state index contributed by atoms with van der Waals surface area (Å²) in [5.41, 5.74) is -6.55. The lowest BCUT2D eigenvalue weighted by Crippen LogP contribution is -2.64. The highest BCUT2D eigenvalue weighted by Crippen LogP contribution is 2.55. The molecule has 12 unspecified atom stereocenters. The van der Waals surface area contributed by atoms with Gasteiger partial charge in [-0.3, -0.25) is 23.7 Å². The van der Waals surface area contributed by atoms with E-state index in [0.29, 0.717) is 13.8 Å². The standard InChI is InChI=1S/C7H8F6O.C7H10F4O2.C6H8F4O2.2C6H8F4O.C6H10F2O2/c1-4(8)3-5(2,9)14-7(12,13)6(4,10)11;1-5(8)3-6(2,9)13-7(10,11)4-12-5;1-4(7)3-5(2,8)12-6(9,10)11-4;1-4(7)3-5(2,8)11-6(4,9)10;1-3-4(2)11-6(9,10)5(3,7)8;1-4-5(2)10-6(7,8)3-9-4/h3H2,1-2H3;3-4H2,1-2H3;3H2,1-2H3;3H2,1-2H3;3-4H,1-2H3;4-5H,3H2,1-2H3. The van der Waals surface area contributed by atoms with Crippen LogP contribution in [0.4, 0.5) is 105 Å². The summed E-state index contributed by atoms with van der Waals surface area (Å²) in [7, 11) is 0. The molecule has 0 N–H and O–H groups in total. The van der Waals surface area contributed by atoms with E-state index in [1.807, 2.05) is 0 Å². The molecule has 0 aromatic heterocycles. The van der Waals surface area contributed by atoms with Crippen molar-refractivity contribution in [1.29, 1.82) is 0 Å². The highest BCUT2D eigenvalue weighted by atomic mass is 19.3. The van der Waals surface area contributed by atoms with E-state index in [-0.39, 0.29) is 13.0 Å². The molecular formula is C38H52F24O9. The van der Waals surface area contributed by atoms with Gasteiger partial charge in [0.15, 0.2) is 5.67 Å². The zero-order valence-corrected chi connectivity index (χ0v) is 39.3. The Labute approximate surface area is 389 Å². The van der Waals surface area contributed by atoms with E-state index in [2.05, 4.69) is 37.9 Å². The average Bonchev–Trinajstić information content (AvgIpc) is 3.24. The topological polar surface area (TPSA) is 83.1 Å². The van der Waals surface area contributed by atoms with Crippen molar-refractivity contribution in [2.45, 2.75) is 222 Å². The summed E-state index contributed by atoms with van der Waals surface area (Å²) in [6.45, 7) is 8.81. The zero-order valence-electron chi connectivity index (χ0n) is 39.3.